The largest absolute Gasteiger partial charge is 0.456 e. The van der Waals surface area contributed by atoms with Gasteiger partial charge in [0.15, 0.2) is 5.78 Å². The van der Waals surface area contributed by atoms with E-state index in [4.69, 9.17) is 4.74 Å². The Morgan fingerprint density at radius 1 is 1.05 bits per heavy atom. The molecule has 0 fully saturated rings. The molecular weight excluding hydrogens is 240 g/mol. The molecule has 3 heteroatoms. The van der Waals surface area contributed by atoms with E-state index in [1.165, 1.54) is 0 Å². The summed E-state index contributed by atoms with van der Waals surface area (Å²) in [5.41, 5.74) is 1.26. The first-order valence-corrected chi connectivity index (χ1v) is 6.25. The number of hydrogen-bond acceptors (Lipinski definition) is 3. The van der Waals surface area contributed by atoms with Gasteiger partial charge in [0.25, 0.3) is 0 Å². The molecule has 19 heavy (non-hydrogen) atoms. The van der Waals surface area contributed by atoms with Crippen LogP contribution in [0.3, 0.4) is 0 Å². The summed E-state index contributed by atoms with van der Waals surface area (Å²) in [6, 6.07) is 14.4. The van der Waals surface area contributed by atoms with Crippen molar-refractivity contribution >= 4 is 5.78 Å². The smallest absolute Gasteiger partial charge is 0.166 e. The van der Waals surface area contributed by atoms with Gasteiger partial charge in [-0.05, 0) is 18.2 Å². The number of Topliss-reactive ketones (excluding diaryl/α,β-unsaturated/α-hetero) is 1. The second-order valence-electron chi connectivity index (χ2n) is 4.14. The van der Waals surface area contributed by atoms with Crippen LogP contribution in [-0.4, -0.2) is 10.9 Å². The minimum absolute atomic E-state index is 0.0390. The van der Waals surface area contributed by atoms with Gasteiger partial charge in [0.1, 0.15) is 11.5 Å². The van der Waals surface area contributed by atoms with Crippen LogP contribution in [0, 0.1) is 0 Å². The predicted octanol–water partition coefficient (Wildman–Crippen LogP) is 3.56. The van der Waals surface area contributed by atoms with Gasteiger partial charge in [0.2, 0.25) is 0 Å². The van der Waals surface area contributed by atoms with E-state index in [0.717, 1.165) is 0 Å². The van der Waals surface area contributed by atoms with Gasteiger partial charge in [-0.15, -0.1) is 0 Å². The number of ether oxygens (including phenoxy) is 1. The molecule has 0 aliphatic heterocycles. The maximum absolute atomic E-state index is 11.8. The van der Waals surface area contributed by atoms with Gasteiger partial charge < -0.3 is 9.84 Å². The number of carbonyl (C=O) groups is 1. The first-order chi connectivity index (χ1) is 9.26. The molecular formula is C16H16O3. The van der Waals surface area contributed by atoms with Crippen LogP contribution in [0.25, 0.3) is 0 Å². The van der Waals surface area contributed by atoms with E-state index in [1.54, 1.807) is 24.3 Å². The normalized spacial score (nSPS) is 10.2. The van der Waals surface area contributed by atoms with Crippen LogP contribution >= 0.6 is 0 Å². The molecule has 0 saturated carbocycles. The number of rotatable bonds is 5. The summed E-state index contributed by atoms with van der Waals surface area (Å²) in [7, 11) is 0. The molecule has 0 spiro atoms. The van der Waals surface area contributed by atoms with E-state index >= 15 is 0 Å². The van der Waals surface area contributed by atoms with Crippen molar-refractivity contribution in [1.29, 1.82) is 0 Å². The highest BCUT2D eigenvalue weighted by Crippen LogP contribution is 2.28. The van der Waals surface area contributed by atoms with Crippen LogP contribution in [0.2, 0.25) is 0 Å². The Hall–Kier alpha value is -2.13. The molecule has 0 aliphatic rings. The van der Waals surface area contributed by atoms with E-state index < -0.39 is 0 Å². The molecule has 0 aliphatic carbocycles. The van der Waals surface area contributed by atoms with Crippen LogP contribution in [0.15, 0.2) is 48.5 Å². The van der Waals surface area contributed by atoms with Crippen LogP contribution in [-0.2, 0) is 6.61 Å². The Balaban J connectivity index is 2.36. The fraction of sp³-hybridized carbons (Fsp3) is 0.188. The Labute approximate surface area is 112 Å². The van der Waals surface area contributed by atoms with Crippen molar-refractivity contribution in [3.8, 4) is 11.5 Å². The third kappa shape index (κ3) is 3.01. The van der Waals surface area contributed by atoms with Crippen molar-refractivity contribution in [2.24, 2.45) is 0 Å². The van der Waals surface area contributed by atoms with Gasteiger partial charge in [0.05, 0.1) is 12.2 Å². The van der Waals surface area contributed by atoms with Crippen LogP contribution < -0.4 is 4.74 Å². The highest BCUT2D eigenvalue weighted by Gasteiger charge is 2.12. The molecule has 0 radical (unpaired) electrons. The maximum atomic E-state index is 11.8. The predicted molar refractivity (Wildman–Crippen MR) is 73.5 cm³/mol. The van der Waals surface area contributed by atoms with Crippen molar-refractivity contribution in [2.45, 2.75) is 20.0 Å². The fourth-order valence-electron chi connectivity index (χ4n) is 1.83. The Kier molecular flexibility index (Phi) is 4.31. The van der Waals surface area contributed by atoms with E-state index in [9.17, 15) is 9.90 Å². The van der Waals surface area contributed by atoms with Gasteiger partial charge in [-0.1, -0.05) is 37.3 Å². The zero-order valence-corrected chi connectivity index (χ0v) is 10.8. The molecule has 3 nitrogen and oxygen atoms in total. The third-order valence-corrected chi connectivity index (χ3v) is 2.87. The molecule has 98 valence electrons. The summed E-state index contributed by atoms with van der Waals surface area (Å²) in [6.45, 7) is 1.72. The quantitative estimate of drug-likeness (QED) is 0.832. The van der Waals surface area contributed by atoms with Crippen molar-refractivity contribution in [3.05, 3.63) is 59.7 Å². The second-order valence-corrected chi connectivity index (χ2v) is 4.14. The Morgan fingerprint density at radius 2 is 1.68 bits per heavy atom. The van der Waals surface area contributed by atoms with E-state index in [1.807, 2.05) is 31.2 Å². The number of ketones is 1. The second kappa shape index (κ2) is 6.16. The summed E-state index contributed by atoms with van der Waals surface area (Å²) < 4.78 is 5.77. The number of benzene rings is 2. The minimum Gasteiger partial charge on any atom is -0.456 e. The van der Waals surface area contributed by atoms with Crippen molar-refractivity contribution in [2.75, 3.05) is 0 Å². The summed E-state index contributed by atoms with van der Waals surface area (Å²) in [5, 5.41) is 9.27. The lowest BCUT2D eigenvalue weighted by Crippen LogP contribution is -2.00. The summed E-state index contributed by atoms with van der Waals surface area (Å²) in [6.07, 6.45) is 0.433. The van der Waals surface area contributed by atoms with Crippen LogP contribution in [0.4, 0.5) is 0 Å². The van der Waals surface area contributed by atoms with Gasteiger partial charge in [-0.2, -0.15) is 0 Å². The van der Waals surface area contributed by atoms with Gasteiger partial charge in [-0.3, -0.25) is 4.79 Å². The lowest BCUT2D eigenvalue weighted by atomic mass is 10.1. The van der Waals surface area contributed by atoms with Crippen molar-refractivity contribution in [1.82, 2.24) is 0 Å². The molecule has 2 rings (SSSR count). The third-order valence-electron chi connectivity index (χ3n) is 2.87. The number of aliphatic hydroxyl groups is 1. The molecule has 0 heterocycles. The molecule has 0 saturated heterocycles. The van der Waals surface area contributed by atoms with E-state index in [2.05, 4.69) is 0 Å². The van der Waals surface area contributed by atoms with Gasteiger partial charge >= 0.3 is 0 Å². The average molecular weight is 256 g/mol. The zero-order valence-electron chi connectivity index (χ0n) is 10.8. The number of aliphatic hydroxyl groups excluding tert-OH is 1. The number of carbonyl (C=O) groups excluding carboxylic acids is 1. The molecule has 1 N–H and O–H groups in total. The lowest BCUT2D eigenvalue weighted by molar-refractivity contribution is 0.0986. The molecule has 2 aromatic carbocycles. The van der Waals surface area contributed by atoms with Crippen molar-refractivity contribution in [3.63, 3.8) is 0 Å². The topological polar surface area (TPSA) is 46.5 Å². The molecule has 2 aromatic rings. The molecule has 0 atom stereocenters. The highest BCUT2D eigenvalue weighted by atomic mass is 16.5. The number of para-hydroxylation sites is 2. The molecule has 0 bridgehead atoms. The Bertz CT molecular complexity index is 576. The summed E-state index contributed by atoms with van der Waals surface area (Å²) in [4.78, 5) is 11.8. The van der Waals surface area contributed by atoms with E-state index in [0.29, 0.717) is 29.0 Å². The van der Waals surface area contributed by atoms with Crippen LogP contribution in [0.1, 0.15) is 29.3 Å². The fourth-order valence-corrected chi connectivity index (χ4v) is 1.83. The lowest BCUT2D eigenvalue weighted by Gasteiger charge is -2.12. The van der Waals surface area contributed by atoms with Crippen molar-refractivity contribution < 1.29 is 14.6 Å². The Morgan fingerprint density at radius 3 is 2.37 bits per heavy atom. The van der Waals surface area contributed by atoms with Gasteiger partial charge in [-0.25, -0.2) is 0 Å². The zero-order chi connectivity index (χ0) is 13.7. The monoisotopic (exact) mass is 256 g/mol. The minimum atomic E-state index is -0.0972. The average Bonchev–Trinajstić information content (AvgIpc) is 2.47. The standard InChI is InChI=1S/C16H16O3/c1-2-14(18)13-8-4-6-10-16(13)19-15-9-5-3-7-12(15)11-17/h3-10,17H,2,11H2,1H3. The highest BCUT2D eigenvalue weighted by molar-refractivity contribution is 5.98. The summed E-state index contributed by atoms with van der Waals surface area (Å²) >= 11 is 0. The molecule has 0 amide bonds. The SMILES string of the molecule is CCC(=O)c1ccccc1Oc1ccccc1CO. The maximum Gasteiger partial charge on any atom is 0.166 e. The van der Waals surface area contributed by atoms with Gasteiger partial charge in [0, 0.05) is 12.0 Å². The van der Waals surface area contributed by atoms with Crippen LogP contribution in [0.5, 0.6) is 11.5 Å². The number of hydrogen-bond donors (Lipinski definition) is 1. The summed E-state index contributed by atoms with van der Waals surface area (Å²) in [5.74, 6) is 1.13. The first kappa shape index (κ1) is 13.3. The van der Waals surface area contributed by atoms with E-state index in [-0.39, 0.29) is 12.4 Å². The molecule has 0 unspecified atom stereocenters. The first-order valence-electron chi connectivity index (χ1n) is 6.25. The molecule has 0 aromatic heterocycles.